The number of benzene rings is 1. The summed E-state index contributed by atoms with van der Waals surface area (Å²) in [5, 5.41) is 9.66. The number of nitriles is 1. The van der Waals surface area contributed by atoms with Gasteiger partial charge in [0.15, 0.2) is 0 Å². The molecule has 0 amide bonds. The van der Waals surface area contributed by atoms with Crippen LogP contribution in [0.5, 0.6) is 0 Å². The molecule has 5 nitrogen and oxygen atoms in total. The molecule has 0 spiro atoms. The summed E-state index contributed by atoms with van der Waals surface area (Å²) in [4.78, 5) is 11.8. The lowest BCUT2D eigenvalue weighted by atomic mass is 10.1. The summed E-state index contributed by atoms with van der Waals surface area (Å²) in [6.07, 6.45) is 5.44. The van der Waals surface area contributed by atoms with Crippen molar-refractivity contribution in [1.82, 2.24) is 19.5 Å². The van der Waals surface area contributed by atoms with Crippen LogP contribution in [0.25, 0.3) is 28.4 Å². The molecular weight excluding hydrogens is 322 g/mol. The van der Waals surface area contributed by atoms with Crippen LogP contribution < -0.4 is 0 Å². The van der Waals surface area contributed by atoms with Crippen molar-refractivity contribution in [1.29, 1.82) is 5.26 Å². The second-order valence-electron chi connectivity index (χ2n) is 6.14. The minimum absolute atomic E-state index is 0.510. The van der Waals surface area contributed by atoms with Gasteiger partial charge < -0.3 is 9.55 Å². The Morgan fingerprint density at radius 3 is 2.65 bits per heavy atom. The summed E-state index contributed by atoms with van der Waals surface area (Å²) in [5.41, 5.74) is 6.50. The summed E-state index contributed by atoms with van der Waals surface area (Å²) in [6, 6.07) is 16.1. The summed E-state index contributed by atoms with van der Waals surface area (Å²) >= 11 is 0. The number of aryl methyl sites for hydroxylation is 1. The van der Waals surface area contributed by atoms with Gasteiger partial charge in [-0.15, -0.1) is 0 Å². The zero-order valence-electron chi connectivity index (χ0n) is 14.6. The molecule has 26 heavy (non-hydrogen) atoms. The number of nitrogens with one attached hydrogen (secondary N) is 1. The van der Waals surface area contributed by atoms with Crippen LogP contribution in [0.15, 0.2) is 54.9 Å². The Morgan fingerprint density at radius 2 is 1.92 bits per heavy atom. The molecule has 0 atom stereocenters. The molecule has 0 aliphatic carbocycles. The van der Waals surface area contributed by atoms with E-state index in [0.717, 1.165) is 33.7 Å². The number of nitrogens with zero attached hydrogens (tertiary/aromatic N) is 4. The SMILES string of the molecule is Cc1cc(/C=C(\C#N)c2nc3ccccc3[nH]2)c(C)n1-c1ccncc1. The normalized spacial score (nSPS) is 11.7. The van der Waals surface area contributed by atoms with Gasteiger partial charge in [-0.1, -0.05) is 12.1 Å². The van der Waals surface area contributed by atoms with E-state index in [1.165, 1.54) is 0 Å². The Morgan fingerprint density at radius 1 is 1.15 bits per heavy atom. The molecule has 4 aromatic rings. The van der Waals surface area contributed by atoms with Gasteiger partial charge >= 0.3 is 0 Å². The summed E-state index contributed by atoms with van der Waals surface area (Å²) < 4.78 is 2.15. The Labute approximate surface area is 151 Å². The van der Waals surface area contributed by atoms with Crippen LogP contribution in [0.1, 0.15) is 22.8 Å². The van der Waals surface area contributed by atoms with Crippen LogP contribution in [0.4, 0.5) is 0 Å². The van der Waals surface area contributed by atoms with Crippen LogP contribution in [0.3, 0.4) is 0 Å². The van der Waals surface area contributed by atoms with Crippen LogP contribution >= 0.6 is 0 Å². The largest absolute Gasteiger partial charge is 0.337 e. The highest BCUT2D eigenvalue weighted by Gasteiger charge is 2.12. The number of hydrogen-bond donors (Lipinski definition) is 1. The van der Waals surface area contributed by atoms with Crippen molar-refractivity contribution < 1.29 is 0 Å². The monoisotopic (exact) mass is 339 g/mol. The van der Waals surface area contributed by atoms with Crippen LogP contribution in [0, 0.1) is 25.2 Å². The fraction of sp³-hybridized carbons (Fsp3) is 0.0952. The Hall–Kier alpha value is -3.65. The van der Waals surface area contributed by atoms with Crippen molar-refractivity contribution in [3.05, 3.63) is 77.6 Å². The number of aromatic nitrogens is 4. The highest BCUT2D eigenvalue weighted by atomic mass is 15.0. The zero-order chi connectivity index (χ0) is 18.1. The van der Waals surface area contributed by atoms with Crippen LogP contribution in [0.2, 0.25) is 0 Å². The van der Waals surface area contributed by atoms with Crippen molar-refractivity contribution in [2.24, 2.45) is 0 Å². The summed E-state index contributed by atoms with van der Waals surface area (Å²) in [7, 11) is 0. The van der Waals surface area contributed by atoms with Gasteiger partial charge in [0.2, 0.25) is 0 Å². The van der Waals surface area contributed by atoms with Crippen molar-refractivity contribution in [2.45, 2.75) is 13.8 Å². The van der Waals surface area contributed by atoms with E-state index < -0.39 is 0 Å². The van der Waals surface area contributed by atoms with E-state index in [-0.39, 0.29) is 0 Å². The van der Waals surface area contributed by atoms with Crippen LogP contribution in [-0.2, 0) is 0 Å². The molecule has 0 saturated carbocycles. The smallest absolute Gasteiger partial charge is 0.149 e. The first kappa shape index (κ1) is 15.9. The fourth-order valence-corrected chi connectivity index (χ4v) is 3.21. The van der Waals surface area contributed by atoms with Gasteiger partial charge in [0.25, 0.3) is 0 Å². The second kappa shape index (κ2) is 6.34. The lowest BCUT2D eigenvalue weighted by Crippen LogP contribution is -1.98. The maximum atomic E-state index is 9.66. The van der Waals surface area contributed by atoms with Crippen LogP contribution in [-0.4, -0.2) is 19.5 Å². The highest BCUT2D eigenvalue weighted by molar-refractivity contribution is 5.90. The van der Waals surface area contributed by atoms with Crippen molar-refractivity contribution >= 4 is 22.7 Å². The number of hydrogen-bond acceptors (Lipinski definition) is 3. The number of para-hydroxylation sites is 2. The third-order valence-corrected chi connectivity index (χ3v) is 4.46. The van der Waals surface area contributed by atoms with E-state index >= 15 is 0 Å². The molecule has 0 fully saturated rings. The Bertz CT molecular complexity index is 1120. The number of rotatable bonds is 3. The van der Waals surface area contributed by atoms with Gasteiger partial charge in [-0.25, -0.2) is 4.98 Å². The second-order valence-corrected chi connectivity index (χ2v) is 6.14. The van der Waals surface area contributed by atoms with E-state index in [0.29, 0.717) is 11.4 Å². The Balaban J connectivity index is 1.81. The molecule has 0 saturated heterocycles. The Kier molecular flexibility index (Phi) is 3.86. The lowest BCUT2D eigenvalue weighted by Gasteiger charge is -2.08. The molecule has 0 unspecified atom stereocenters. The molecule has 0 aliphatic rings. The number of pyridine rings is 1. The predicted molar refractivity (Wildman–Crippen MR) is 103 cm³/mol. The predicted octanol–water partition coefficient (Wildman–Crippen LogP) is 4.43. The van der Waals surface area contributed by atoms with Crippen molar-refractivity contribution in [3.8, 4) is 11.8 Å². The highest BCUT2D eigenvalue weighted by Crippen LogP contribution is 2.25. The molecule has 4 rings (SSSR count). The molecule has 126 valence electrons. The topological polar surface area (TPSA) is 70.3 Å². The van der Waals surface area contributed by atoms with Gasteiger partial charge in [0, 0.05) is 29.5 Å². The maximum Gasteiger partial charge on any atom is 0.149 e. The number of fused-ring (bicyclic) bond motifs is 1. The maximum absolute atomic E-state index is 9.66. The van der Waals surface area contributed by atoms with Gasteiger partial charge in [-0.05, 0) is 55.8 Å². The van der Waals surface area contributed by atoms with E-state index in [9.17, 15) is 5.26 Å². The average Bonchev–Trinajstić information content (AvgIpc) is 3.21. The molecule has 1 aromatic carbocycles. The van der Waals surface area contributed by atoms with Gasteiger partial charge in [-0.3, -0.25) is 4.98 Å². The molecule has 1 N–H and O–H groups in total. The van der Waals surface area contributed by atoms with E-state index in [1.807, 2.05) is 49.4 Å². The molecule has 0 aliphatic heterocycles. The standard InChI is InChI=1S/C21H17N5/c1-14-11-16(15(2)26(14)18-7-9-23-10-8-18)12-17(13-22)21-24-19-5-3-4-6-20(19)25-21/h3-12H,1-2H3,(H,24,25)/b17-12+. The van der Waals surface area contributed by atoms with Crippen molar-refractivity contribution in [2.75, 3.05) is 0 Å². The van der Waals surface area contributed by atoms with Gasteiger partial charge in [0.1, 0.15) is 11.9 Å². The minimum Gasteiger partial charge on any atom is -0.337 e. The first-order chi connectivity index (χ1) is 12.7. The first-order valence-electron chi connectivity index (χ1n) is 8.33. The quantitative estimate of drug-likeness (QED) is 0.561. The molecule has 0 radical (unpaired) electrons. The average molecular weight is 339 g/mol. The molecule has 5 heteroatoms. The first-order valence-corrected chi connectivity index (χ1v) is 8.33. The van der Waals surface area contributed by atoms with Crippen molar-refractivity contribution in [3.63, 3.8) is 0 Å². The lowest BCUT2D eigenvalue weighted by molar-refractivity contribution is 0.960. The number of aromatic amines is 1. The third-order valence-electron chi connectivity index (χ3n) is 4.46. The van der Waals surface area contributed by atoms with E-state index in [4.69, 9.17) is 0 Å². The molecule has 3 heterocycles. The summed E-state index contributed by atoms with van der Waals surface area (Å²) in [5.74, 6) is 0.586. The molecule has 0 bridgehead atoms. The number of imidazole rings is 1. The van der Waals surface area contributed by atoms with Gasteiger partial charge in [0.05, 0.1) is 16.6 Å². The minimum atomic E-state index is 0.510. The molecule has 3 aromatic heterocycles. The van der Waals surface area contributed by atoms with Gasteiger partial charge in [-0.2, -0.15) is 5.26 Å². The summed E-state index contributed by atoms with van der Waals surface area (Å²) in [6.45, 7) is 4.10. The number of allylic oxidation sites excluding steroid dienone is 1. The van der Waals surface area contributed by atoms with E-state index in [1.54, 1.807) is 12.4 Å². The van der Waals surface area contributed by atoms with E-state index in [2.05, 4.69) is 38.6 Å². The fourth-order valence-electron chi connectivity index (χ4n) is 3.21. The zero-order valence-corrected chi connectivity index (χ0v) is 14.6. The third kappa shape index (κ3) is 2.68. The molecular formula is C21H17N5. The number of H-pyrrole nitrogens is 1.